The summed E-state index contributed by atoms with van der Waals surface area (Å²) < 4.78 is 0. The second kappa shape index (κ2) is 7.99. The van der Waals surface area contributed by atoms with Crippen molar-refractivity contribution >= 4 is 18.1 Å². The molecule has 0 atom stereocenters. The van der Waals surface area contributed by atoms with Crippen molar-refractivity contribution in [2.75, 3.05) is 26.2 Å². The Morgan fingerprint density at radius 2 is 1.74 bits per heavy atom. The smallest absolute Gasteiger partial charge is 0.286 e. The second-order valence-corrected chi connectivity index (χ2v) is 3.92. The highest BCUT2D eigenvalue weighted by Gasteiger charge is 2.13. The molecule has 1 aromatic carbocycles. The lowest BCUT2D eigenvalue weighted by molar-refractivity contribution is -0.139. The molecule has 0 bridgehead atoms. The first-order valence-corrected chi connectivity index (χ1v) is 5.95. The summed E-state index contributed by atoms with van der Waals surface area (Å²) in [6, 6.07) is 8.76. The van der Waals surface area contributed by atoms with Crippen LogP contribution in [0.5, 0.6) is 0 Å². The highest BCUT2D eigenvalue weighted by molar-refractivity contribution is 6.23. The van der Waals surface area contributed by atoms with Gasteiger partial charge in [0.25, 0.3) is 5.91 Å². The van der Waals surface area contributed by atoms with E-state index in [2.05, 4.69) is 5.32 Å². The highest BCUT2D eigenvalue weighted by Crippen LogP contribution is 1.94. The van der Waals surface area contributed by atoms with Crippen molar-refractivity contribution in [2.45, 2.75) is 0 Å². The molecule has 1 aliphatic rings. The van der Waals surface area contributed by atoms with Crippen LogP contribution in [-0.4, -0.2) is 49.2 Å². The van der Waals surface area contributed by atoms with Crippen LogP contribution in [0.15, 0.2) is 30.3 Å². The molecular weight excluding hydrogens is 246 g/mol. The van der Waals surface area contributed by atoms with E-state index in [0.29, 0.717) is 24.9 Å². The Morgan fingerprint density at radius 1 is 1.16 bits per heavy atom. The fourth-order valence-electron chi connectivity index (χ4n) is 1.56. The van der Waals surface area contributed by atoms with Crippen molar-refractivity contribution in [1.29, 1.82) is 0 Å². The van der Waals surface area contributed by atoms with Crippen LogP contribution in [0.1, 0.15) is 10.4 Å². The molecule has 0 aliphatic carbocycles. The minimum atomic E-state index is -0.401. The van der Waals surface area contributed by atoms with E-state index in [0.717, 1.165) is 13.1 Å². The number of nitrogens with one attached hydrogen (secondary N) is 1. The van der Waals surface area contributed by atoms with Crippen LogP contribution in [0.25, 0.3) is 0 Å². The molecule has 0 saturated carbocycles. The van der Waals surface area contributed by atoms with Gasteiger partial charge >= 0.3 is 0 Å². The van der Waals surface area contributed by atoms with Gasteiger partial charge in [0.2, 0.25) is 12.2 Å². The molecule has 0 unspecified atom stereocenters. The maximum absolute atomic E-state index is 10.7. The van der Waals surface area contributed by atoms with Crippen LogP contribution < -0.4 is 11.1 Å². The number of nitrogens with zero attached hydrogens (tertiary/aromatic N) is 1. The Bertz CT molecular complexity index is 428. The number of rotatable bonds is 2. The third-order valence-corrected chi connectivity index (χ3v) is 2.59. The summed E-state index contributed by atoms with van der Waals surface area (Å²) in [7, 11) is 0. The number of aldehydes is 1. The number of carbonyl (C=O) groups excluding carboxylic acids is 3. The van der Waals surface area contributed by atoms with Gasteiger partial charge in [-0.25, -0.2) is 0 Å². The zero-order valence-corrected chi connectivity index (χ0v) is 10.5. The van der Waals surface area contributed by atoms with Crippen LogP contribution >= 0.6 is 0 Å². The number of hydrogen-bond donors (Lipinski definition) is 2. The van der Waals surface area contributed by atoms with Gasteiger partial charge < -0.3 is 16.0 Å². The van der Waals surface area contributed by atoms with E-state index in [4.69, 9.17) is 5.73 Å². The quantitative estimate of drug-likeness (QED) is 0.550. The molecule has 1 fully saturated rings. The highest BCUT2D eigenvalue weighted by atomic mass is 16.2. The van der Waals surface area contributed by atoms with Gasteiger partial charge in [-0.05, 0) is 12.1 Å². The maximum Gasteiger partial charge on any atom is 0.286 e. The predicted octanol–water partition coefficient (Wildman–Crippen LogP) is -0.597. The molecular formula is C13H17N3O3. The molecule has 19 heavy (non-hydrogen) atoms. The summed E-state index contributed by atoms with van der Waals surface area (Å²) >= 11 is 0. The monoisotopic (exact) mass is 263 g/mol. The van der Waals surface area contributed by atoms with E-state index >= 15 is 0 Å². The molecule has 2 rings (SSSR count). The Morgan fingerprint density at radius 3 is 2.16 bits per heavy atom. The summed E-state index contributed by atoms with van der Waals surface area (Å²) in [5, 5.41) is 3.08. The number of benzene rings is 1. The Labute approximate surface area is 111 Å². The molecule has 6 heteroatoms. The molecule has 1 aromatic rings. The summed E-state index contributed by atoms with van der Waals surface area (Å²) in [5.74, 6) is -0.780. The van der Waals surface area contributed by atoms with Gasteiger partial charge in [-0.3, -0.25) is 14.4 Å². The molecule has 0 aromatic heterocycles. The first kappa shape index (κ1) is 14.8. The first-order valence-electron chi connectivity index (χ1n) is 5.95. The van der Waals surface area contributed by atoms with Gasteiger partial charge in [0.15, 0.2) is 0 Å². The number of amides is 2. The van der Waals surface area contributed by atoms with Crippen molar-refractivity contribution < 1.29 is 14.4 Å². The zero-order valence-electron chi connectivity index (χ0n) is 10.5. The number of nitrogens with two attached hydrogens (primary N) is 1. The summed E-state index contributed by atoms with van der Waals surface area (Å²) in [6.45, 7) is 2.88. The van der Waals surface area contributed by atoms with Crippen molar-refractivity contribution in [2.24, 2.45) is 5.73 Å². The summed E-state index contributed by atoms with van der Waals surface area (Å²) in [4.78, 5) is 32.7. The molecule has 102 valence electrons. The lowest BCUT2D eigenvalue weighted by atomic mass is 10.2. The van der Waals surface area contributed by atoms with Crippen molar-refractivity contribution in [3.05, 3.63) is 35.9 Å². The molecule has 1 saturated heterocycles. The van der Waals surface area contributed by atoms with E-state index in [1.54, 1.807) is 29.2 Å². The van der Waals surface area contributed by atoms with Gasteiger partial charge in [-0.15, -0.1) is 0 Å². The van der Waals surface area contributed by atoms with Crippen LogP contribution in [0.2, 0.25) is 0 Å². The van der Waals surface area contributed by atoms with Crippen LogP contribution in [0.4, 0.5) is 0 Å². The standard InChI is InChI=1S/C7H7NO.C6H10N2O2/c8-7(9)6-4-2-1-3-5-6;9-5-6(10)8-3-1-7-2-4-8/h1-5H,(H2,8,9);5,7H,1-4H2. The zero-order chi connectivity index (χ0) is 14.1. The average molecular weight is 263 g/mol. The molecule has 3 N–H and O–H groups in total. The van der Waals surface area contributed by atoms with Gasteiger partial charge in [0, 0.05) is 31.7 Å². The molecule has 0 radical (unpaired) electrons. The molecule has 1 heterocycles. The van der Waals surface area contributed by atoms with Crippen LogP contribution in [0, 0.1) is 0 Å². The first-order chi connectivity index (χ1) is 9.15. The Hall–Kier alpha value is -2.21. The van der Waals surface area contributed by atoms with Crippen molar-refractivity contribution in [3.8, 4) is 0 Å². The SMILES string of the molecule is NC(=O)c1ccccc1.O=CC(=O)N1CCNCC1. The second-order valence-electron chi connectivity index (χ2n) is 3.92. The van der Waals surface area contributed by atoms with Gasteiger partial charge in [-0.1, -0.05) is 18.2 Å². The summed E-state index contributed by atoms with van der Waals surface area (Å²) in [6.07, 6.45) is 0.366. The lowest BCUT2D eigenvalue weighted by Gasteiger charge is -2.25. The number of primary amides is 1. The molecule has 6 nitrogen and oxygen atoms in total. The fourth-order valence-corrected chi connectivity index (χ4v) is 1.56. The maximum atomic E-state index is 10.7. The van der Waals surface area contributed by atoms with Crippen LogP contribution in [-0.2, 0) is 9.59 Å². The fraction of sp³-hybridized carbons (Fsp3) is 0.308. The third-order valence-electron chi connectivity index (χ3n) is 2.59. The number of carbonyl (C=O) groups is 3. The van der Waals surface area contributed by atoms with Crippen molar-refractivity contribution in [1.82, 2.24) is 10.2 Å². The van der Waals surface area contributed by atoms with E-state index in [1.165, 1.54) is 0 Å². The van der Waals surface area contributed by atoms with Gasteiger partial charge in [0.1, 0.15) is 0 Å². The summed E-state index contributed by atoms with van der Waals surface area (Å²) in [5.41, 5.74) is 5.53. The van der Waals surface area contributed by atoms with E-state index in [-0.39, 0.29) is 5.91 Å². The normalized spacial score (nSPS) is 14.0. The van der Waals surface area contributed by atoms with Crippen molar-refractivity contribution in [3.63, 3.8) is 0 Å². The molecule has 2 amide bonds. The number of piperazine rings is 1. The van der Waals surface area contributed by atoms with Gasteiger partial charge in [-0.2, -0.15) is 0 Å². The Kier molecular flexibility index (Phi) is 6.25. The van der Waals surface area contributed by atoms with E-state index in [9.17, 15) is 14.4 Å². The topological polar surface area (TPSA) is 92.5 Å². The lowest BCUT2D eigenvalue weighted by Crippen LogP contribution is -2.46. The molecule has 1 aliphatic heterocycles. The minimum absolute atomic E-state index is 0.366. The van der Waals surface area contributed by atoms with Crippen LogP contribution in [0.3, 0.4) is 0 Å². The molecule has 0 spiro atoms. The predicted molar refractivity (Wildman–Crippen MR) is 70.5 cm³/mol. The Balaban J connectivity index is 0.000000191. The van der Waals surface area contributed by atoms with E-state index < -0.39 is 5.91 Å². The average Bonchev–Trinajstić information content (AvgIpc) is 2.49. The van der Waals surface area contributed by atoms with Gasteiger partial charge in [0.05, 0.1) is 0 Å². The van der Waals surface area contributed by atoms with E-state index in [1.807, 2.05) is 6.07 Å². The minimum Gasteiger partial charge on any atom is -0.366 e. The number of hydrogen-bond acceptors (Lipinski definition) is 4. The largest absolute Gasteiger partial charge is 0.366 e. The third kappa shape index (κ3) is 5.31.